The number of unbranched alkanes of at least 4 members (excludes halogenated alkanes) is 4. The van der Waals surface area contributed by atoms with Crippen molar-refractivity contribution in [3.63, 3.8) is 0 Å². The van der Waals surface area contributed by atoms with Crippen LogP contribution in [0.3, 0.4) is 0 Å². The Kier molecular flexibility index (Phi) is 9.87. The Morgan fingerprint density at radius 1 is 1.24 bits per heavy atom. The van der Waals surface area contributed by atoms with Crippen molar-refractivity contribution in [1.82, 2.24) is 0 Å². The molecule has 0 aromatic heterocycles. The van der Waals surface area contributed by atoms with E-state index in [2.05, 4.69) is 19.1 Å². The van der Waals surface area contributed by atoms with Crippen LogP contribution in [0.1, 0.15) is 45.4 Å². The second-order valence-electron chi connectivity index (χ2n) is 5.56. The lowest BCUT2D eigenvalue weighted by molar-refractivity contribution is -0.0729. The lowest BCUT2D eigenvalue weighted by atomic mass is 10.1. The van der Waals surface area contributed by atoms with Gasteiger partial charge in [0.15, 0.2) is 0 Å². The molecule has 1 rings (SSSR count). The highest BCUT2D eigenvalue weighted by Gasteiger charge is 2.40. The van der Waals surface area contributed by atoms with Gasteiger partial charge < -0.3 is 24.8 Å². The third-order valence-electron chi connectivity index (χ3n) is 3.72. The molecule has 0 radical (unpaired) electrons. The molecule has 3 N–H and O–H groups in total. The van der Waals surface area contributed by atoms with E-state index in [1.807, 2.05) is 0 Å². The SMILES string of the molecule is CCCCC/C=C/CCCO[C@H]1CO[C@H]([C@H](O)CO)[C@@H]1O. The second-order valence-corrected chi connectivity index (χ2v) is 5.56. The summed E-state index contributed by atoms with van der Waals surface area (Å²) in [5, 5.41) is 28.3. The van der Waals surface area contributed by atoms with E-state index in [9.17, 15) is 10.2 Å². The topological polar surface area (TPSA) is 79.2 Å². The van der Waals surface area contributed by atoms with Crippen LogP contribution in [0.25, 0.3) is 0 Å². The molecule has 1 aliphatic rings. The lowest BCUT2D eigenvalue weighted by Crippen LogP contribution is -2.41. The molecule has 0 saturated carbocycles. The molecule has 0 aromatic rings. The highest BCUT2D eigenvalue weighted by Crippen LogP contribution is 2.20. The van der Waals surface area contributed by atoms with Crippen molar-refractivity contribution in [2.45, 2.75) is 69.9 Å². The molecule has 0 amide bonds. The number of rotatable bonds is 11. The fourth-order valence-electron chi connectivity index (χ4n) is 2.39. The zero-order valence-corrected chi connectivity index (χ0v) is 13.0. The average molecular weight is 302 g/mol. The quantitative estimate of drug-likeness (QED) is 0.397. The van der Waals surface area contributed by atoms with Crippen molar-refractivity contribution in [2.75, 3.05) is 19.8 Å². The zero-order chi connectivity index (χ0) is 15.5. The summed E-state index contributed by atoms with van der Waals surface area (Å²) < 4.78 is 10.8. The number of aliphatic hydroxyl groups is 3. The van der Waals surface area contributed by atoms with Crippen molar-refractivity contribution >= 4 is 0 Å². The van der Waals surface area contributed by atoms with Crippen LogP contribution in [0.4, 0.5) is 0 Å². The molecule has 4 atom stereocenters. The largest absolute Gasteiger partial charge is 0.394 e. The molecule has 0 bridgehead atoms. The molecular weight excluding hydrogens is 272 g/mol. The first-order valence-electron chi connectivity index (χ1n) is 8.05. The molecule has 1 fully saturated rings. The summed E-state index contributed by atoms with van der Waals surface area (Å²) in [6, 6.07) is 0. The maximum Gasteiger partial charge on any atom is 0.114 e. The van der Waals surface area contributed by atoms with Crippen LogP contribution in [0.5, 0.6) is 0 Å². The van der Waals surface area contributed by atoms with Gasteiger partial charge in [-0.3, -0.25) is 0 Å². The summed E-state index contributed by atoms with van der Waals surface area (Å²) in [6.07, 6.45) is 8.11. The van der Waals surface area contributed by atoms with Crippen LogP contribution >= 0.6 is 0 Å². The third-order valence-corrected chi connectivity index (χ3v) is 3.72. The monoisotopic (exact) mass is 302 g/mol. The Morgan fingerprint density at radius 3 is 2.62 bits per heavy atom. The van der Waals surface area contributed by atoms with Crippen LogP contribution in [0.15, 0.2) is 12.2 Å². The smallest absolute Gasteiger partial charge is 0.114 e. The number of aliphatic hydroxyl groups excluding tert-OH is 3. The van der Waals surface area contributed by atoms with E-state index < -0.39 is 31.0 Å². The lowest BCUT2D eigenvalue weighted by Gasteiger charge is -2.20. The first kappa shape index (κ1) is 18.6. The molecular formula is C16H30O5. The first-order chi connectivity index (χ1) is 10.2. The highest BCUT2D eigenvalue weighted by atomic mass is 16.6. The van der Waals surface area contributed by atoms with E-state index >= 15 is 0 Å². The standard InChI is InChI=1S/C16H30O5/c1-2-3-4-5-6-7-8-9-10-20-14-12-21-16(15(14)19)13(18)11-17/h6-7,13-19H,2-5,8-12H2,1H3/b7-6+/t13-,14+,15-,16-/m1/s1. The molecule has 0 aliphatic carbocycles. The average Bonchev–Trinajstić information content (AvgIpc) is 2.86. The molecule has 0 aromatic carbocycles. The maximum atomic E-state index is 9.94. The highest BCUT2D eigenvalue weighted by molar-refractivity contribution is 4.89. The van der Waals surface area contributed by atoms with Gasteiger partial charge in [-0.2, -0.15) is 0 Å². The predicted octanol–water partition coefficient (Wildman–Crippen LogP) is 1.40. The summed E-state index contributed by atoms with van der Waals surface area (Å²) in [6.45, 7) is 2.60. The normalized spacial score (nSPS) is 27.5. The van der Waals surface area contributed by atoms with E-state index in [0.29, 0.717) is 6.61 Å². The van der Waals surface area contributed by atoms with Gasteiger partial charge in [-0.1, -0.05) is 31.9 Å². The Morgan fingerprint density at radius 2 is 1.95 bits per heavy atom. The minimum atomic E-state index is -1.06. The van der Waals surface area contributed by atoms with Gasteiger partial charge >= 0.3 is 0 Å². The van der Waals surface area contributed by atoms with Crippen LogP contribution in [-0.4, -0.2) is 59.6 Å². The van der Waals surface area contributed by atoms with Crippen molar-refractivity contribution in [3.8, 4) is 0 Å². The van der Waals surface area contributed by atoms with Gasteiger partial charge in [-0.15, -0.1) is 0 Å². The molecule has 0 unspecified atom stereocenters. The van der Waals surface area contributed by atoms with Gasteiger partial charge in [0.1, 0.15) is 24.4 Å². The third kappa shape index (κ3) is 6.89. The van der Waals surface area contributed by atoms with E-state index in [0.717, 1.165) is 19.3 Å². The number of hydrogen-bond acceptors (Lipinski definition) is 5. The van der Waals surface area contributed by atoms with Crippen LogP contribution in [-0.2, 0) is 9.47 Å². The Balaban J connectivity index is 2.06. The van der Waals surface area contributed by atoms with Gasteiger partial charge in [0.05, 0.1) is 13.2 Å². The van der Waals surface area contributed by atoms with E-state index in [-0.39, 0.29) is 6.61 Å². The molecule has 1 heterocycles. The minimum absolute atomic E-state index is 0.260. The van der Waals surface area contributed by atoms with Gasteiger partial charge in [0, 0.05) is 6.61 Å². The van der Waals surface area contributed by atoms with Crippen molar-refractivity contribution in [1.29, 1.82) is 0 Å². The van der Waals surface area contributed by atoms with Crippen LogP contribution < -0.4 is 0 Å². The van der Waals surface area contributed by atoms with E-state index in [1.54, 1.807) is 0 Å². The Hall–Kier alpha value is -0.460. The van der Waals surface area contributed by atoms with Gasteiger partial charge in [0.25, 0.3) is 0 Å². The van der Waals surface area contributed by atoms with Gasteiger partial charge in [0.2, 0.25) is 0 Å². The van der Waals surface area contributed by atoms with E-state index in [1.165, 1.54) is 19.3 Å². The van der Waals surface area contributed by atoms with Crippen molar-refractivity contribution < 1.29 is 24.8 Å². The zero-order valence-electron chi connectivity index (χ0n) is 13.0. The molecule has 21 heavy (non-hydrogen) atoms. The summed E-state index contributed by atoms with van der Waals surface area (Å²) in [4.78, 5) is 0. The van der Waals surface area contributed by atoms with Crippen molar-refractivity contribution in [2.24, 2.45) is 0 Å². The second kappa shape index (κ2) is 11.2. The Labute approximate surface area is 127 Å². The molecule has 5 nitrogen and oxygen atoms in total. The van der Waals surface area contributed by atoms with Crippen LogP contribution in [0, 0.1) is 0 Å². The van der Waals surface area contributed by atoms with Gasteiger partial charge in [-0.25, -0.2) is 0 Å². The molecule has 1 saturated heterocycles. The molecule has 1 aliphatic heterocycles. The minimum Gasteiger partial charge on any atom is -0.394 e. The molecule has 124 valence electrons. The number of ether oxygens (including phenoxy) is 2. The fourth-order valence-corrected chi connectivity index (χ4v) is 2.39. The number of allylic oxidation sites excluding steroid dienone is 2. The summed E-state index contributed by atoms with van der Waals surface area (Å²) in [5.74, 6) is 0. The number of hydrogen-bond donors (Lipinski definition) is 3. The summed E-state index contributed by atoms with van der Waals surface area (Å²) in [5.41, 5.74) is 0. The van der Waals surface area contributed by atoms with Gasteiger partial charge in [-0.05, 0) is 25.7 Å². The summed E-state index contributed by atoms with van der Waals surface area (Å²) in [7, 11) is 0. The molecule has 0 spiro atoms. The fraction of sp³-hybridized carbons (Fsp3) is 0.875. The van der Waals surface area contributed by atoms with Crippen molar-refractivity contribution in [3.05, 3.63) is 12.2 Å². The van der Waals surface area contributed by atoms with Crippen LogP contribution in [0.2, 0.25) is 0 Å². The maximum absolute atomic E-state index is 9.94. The summed E-state index contributed by atoms with van der Waals surface area (Å²) >= 11 is 0. The first-order valence-corrected chi connectivity index (χ1v) is 8.05. The van der Waals surface area contributed by atoms with E-state index in [4.69, 9.17) is 14.6 Å². The molecule has 5 heteroatoms. The Bertz CT molecular complexity index is 282. The predicted molar refractivity (Wildman–Crippen MR) is 81.1 cm³/mol.